The Kier molecular flexibility index (Phi) is 5.61. The van der Waals surface area contributed by atoms with Gasteiger partial charge < -0.3 is 19.5 Å². The molecular weight excluding hydrogens is 462 g/mol. The van der Waals surface area contributed by atoms with Crippen molar-refractivity contribution in [3.8, 4) is 5.82 Å². The zero-order chi connectivity index (χ0) is 24.1. The molecule has 1 aliphatic heterocycles. The molecule has 7 nitrogen and oxygen atoms in total. The number of hydrogen-bond acceptors (Lipinski definition) is 6. The Morgan fingerprint density at radius 2 is 2.11 bits per heavy atom. The average molecular weight is 490 g/mol. The molecule has 0 radical (unpaired) electrons. The van der Waals surface area contributed by atoms with Crippen molar-refractivity contribution in [1.29, 1.82) is 0 Å². The highest BCUT2D eigenvalue weighted by molar-refractivity contribution is 6.32. The van der Waals surface area contributed by atoms with Crippen LogP contribution >= 0.6 is 11.6 Å². The number of likely N-dealkylation sites (N-methyl/N-ethyl adjacent to an activating group) is 1. The van der Waals surface area contributed by atoms with Gasteiger partial charge in [0.15, 0.2) is 5.82 Å². The molecule has 3 aromatic rings. The Hall–Kier alpha value is -3.16. The lowest BCUT2D eigenvalue weighted by molar-refractivity contribution is 0.0600. The van der Waals surface area contributed by atoms with Gasteiger partial charge in [-0.2, -0.15) is 4.98 Å². The van der Waals surface area contributed by atoms with E-state index in [1.54, 1.807) is 18.0 Å². The van der Waals surface area contributed by atoms with E-state index in [1.165, 1.54) is 31.1 Å². The Morgan fingerprint density at radius 3 is 2.97 bits per heavy atom. The molecule has 2 aromatic heterocycles. The van der Waals surface area contributed by atoms with Crippen molar-refractivity contribution < 1.29 is 9.53 Å². The number of fused-ring (bicyclic) bond motifs is 1. The summed E-state index contributed by atoms with van der Waals surface area (Å²) in [5, 5.41) is 3.84. The molecule has 8 heteroatoms. The first-order chi connectivity index (χ1) is 17.0. The highest BCUT2D eigenvalue weighted by Gasteiger charge is 2.29. The minimum absolute atomic E-state index is 0.374. The number of carbonyl (C=O) groups excluding carboxylic acids is 1. The first-order valence-electron chi connectivity index (χ1n) is 12.1. The van der Waals surface area contributed by atoms with E-state index in [1.807, 2.05) is 10.6 Å². The summed E-state index contributed by atoms with van der Waals surface area (Å²) in [6, 6.07) is 4.49. The number of hydrogen-bond donors (Lipinski definition) is 1. The molecule has 0 saturated carbocycles. The quantitative estimate of drug-likeness (QED) is 0.503. The largest absolute Gasteiger partial charge is 0.465 e. The summed E-state index contributed by atoms with van der Waals surface area (Å²) >= 11 is 6.57. The van der Waals surface area contributed by atoms with Crippen molar-refractivity contribution in [1.82, 2.24) is 19.4 Å². The second kappa shape index (κ2) is 8.81. The molecule has 0 saturated heterocycles. The van der Waals surface area contributed by atoms with E-state index in [2.05, 4.69) is 40.5 Å². The van der Waals surface area contributed by atoms with Crippen LogP contribution in [0.3, 0.4) is 0 Å². The van der Waals surface area contributed by atoms with Gasteiger partial charge >= 0.3 is 5.97 Å². The summed E-state index contributed by atoms with van der Waals surface area (Å²) in [6.45, 7) is 2.10. The number of anilines is 2. The lowest BCUT2D eigenvalue weighted by Crippen LogP contribution is -2.33. The monoisotopic (exact) mass is 489 g/mol. The van der Waals surface area contributed by atoms with Gasteiger partial charge in [0.25, 0.3) is 0 Å². The van der Waals surface area contributed by atoms with Crippen LogP contribution in [-0.2, 0) is 24.1 Å². The predicted octanol–water partition coefficient (Wildman–Crippen LogP) is 5.28. The summed E-state index contributed by atoms with van der Waals surface area (Å²) in [4.78, 5) is 24.0. The maximum atomic E-state index is 12.4. The average Bonchev–Trinajstić information content (AvgIpc) is 3.24. The number of rotatable bonds is 4. The standard InChI is InChI=1S/C27H28ClN5O2/c1-32-13-17-7-5-6-16-10-19(11-18(14-32)24(16)17)30-27-29-12-22(28)25(31-27)33-15-21(26(34)35-2)20-8-3-4-9-23(20)33/h3,8,10-12,15,17H,4-7,9,13-14H2,1-2H3,(H,29,30,31). The lowest BCUT2D eigenvalue weighted by Gasteiger charge is -2.37. The van der Waals surface area contributed by atoms with Gasteiger partial charge in [0.1, 0.15) is 5.02 Å². The maximum absolute atomic E-state index is 12.4. The second-order valence-corrected chi connectivity index (χ2v) is 10.1. The van der Waals surface area contributed by atoms with E-state index < -0.39 is 0 Å². The van der Waals surface area contributed by atoms with Crippen LogP contribution in [0.15, 0.2) is 30.6 Å². The number of ether oxygens (including phenoxy) is 1. The zero-order valence-corrected chi connectivity index (χ0v) is 20.7. The number of nitrogens with zero attached hydrogens (tertiary/aromatic N) is 4. The van der Waals surface area contributed by atoms with E-state index in [0.717, 1.165) is 49.3 Å². The van der Waals surface area contributed by atoms with Crippen LogP contribution in [0.25, 0.3) is 11.9 Å². The maximum Gasteiger partial charge on any atom is 0.340 e. The van der Waals surface area contributed by atoms with E-state index in [9.17, 15) is 4.79 Å². The Bertz CT molecular complexity index is 1360. The number of allylic oxidation sites excluding steroid dienone is 1. The van der Waals surface area contributed by atoms with Crippen LogP contribution < -0.4 is 5.32 Å². The van der Waals surface area contributed by atoms with Crippen molar-refractivity contribution in [2.45, 2.75) is 44.6 Å². The van der Waals surface area contributed by atoms with E-state index in [-0.39, 0.29) is 5.97 Å². The fourth-order valence-corrected chi connectivity index (χ4v) is 6.09. The first kappa shape index (κ1) is 22.3. The predicted molar refractivity (Wildman–Crippen MR) is 137 cm³/mol. The van der Waals surface area contributed by atoms with Gasteiger partial charge in [0, 0.05) is 36.2 Å². The number of aryl methyl sites for hydroxylation is 1. The number of carbonyl (C=O) groups is 1. The Labute approximate surface area is 209 Å². The Balaban J connectivity index is 1.38. The molecule has 1 atom stereocenters. The molecule has 0 bridgehead atoms. The van der Waals surface area contributed by atoms with E-state index >= 15 is 0 Å². The van der Waals surface area contributed by atoms with Crippen molar-refractivity contribution in [2.75, 3.05) is 26.0 Å². The molecule has 1 aromatic carbocycles. The van der Waals surface area contributed by atoms with E-state index in [4.69, 9.17) is 21.3 Å². The smallest absolute Gasteiger partial charge is 0.340 e. The fraction of sp³-hybridized carbons (Fsp3) is 0.370. The van der Waals surface area contributed by atoms with Crippen molar-refractivity contribution in [3.05, 3.63) is 69.1 Å². The molecular formula is C27H28ClN5O2. The van der Waals surface area contributed by atoms with Gasteiger partial charge in [-0.3, -0.25) is 0 Å². The summed E-state index contributed by atoms with van der Waals surface area (Å²) in [7, 11) is 3.59. The SMILES string of the molecule is COC(=O)c1cn(-c2nc(Nc3cc4c5c(c3)CN(C)CC5CCC4)ncc2Cl)c2c1C=CCC2. The van der Waals surface area contributed by atoms with Gasteiger partial charge in [-0.15, -0.1) is 0 Å². The number of methoxy groups -OCH3 is 1. The molecule has 0 fully saturated rings. The number of halogens is 1. The number of nitrogens with one attached hydrogen (secondary N) is 1. The number of aromatic nitrogens is 3. The fourth-order valence-electron chi connectivity index (χ4n) is 5.91. The molecule has 6 rings (SSSR count). The highest BCUT2D eigenvalue weighted by Crippen LogP contribution is 2.40. The number of esters is 1. The van der Waals surface area contributed by atoms with Gasteiger partial charge in [0.2, 0.25) is 5.95 Å². The van der Waals surface area contributed by atoms with Crippen LogP contribution in [-0.4, -0.2) is 46.1 Å². The van der Waals surface area contributed by atoms with Crippen LogP contribution in [0.5, 0.6) is 0 Å². The minimum Gasteiger partial charge on any atom is -0.465 e. The first-order valence-corrected chi connectivity index (χ1v) is 12.5. The van der Waals surface area contributed by atoms with Crippen molar-refractivity contribution in [2.24, 2.45) is 0 Å². The van der Waals surface area contributed by atoms with Gasteiger partial charge in [-0.05, 0) is 73.9 Å². The summed E-state index contributed by atoms with van der Waals surface area (Å²) in [6.07, 6.45) is 12.7. The van der Waals surface area contributed by atoms with Gasteiger partial charge in [-0.1, -0.05) is 23.8 Å². The summed E-state index contributed by atoms with van der Waals surface area (Å²) < 4.78 is 6.90. The molecule has 35 heavy (non-hydrogen) atoms. The molecule has 0 spiro atoms. The highest BCUT2D eigenvalue weighted by atomic mass is 35.5. The number of benzene rings is 1. The molecule has 1 N–H and O–H groups in total. The third kappa shape index (κ3) is 3.93. The Morgan fingerprint density at radius 1 is 1.26 bits per heavy atom. The molecule has 3 heterocycles. The molecule has 2 aliphatic carbocycles. The summed E-state index contributed by atoms with van der Waals surface area (Å²) in [5.41, 5.74) is 7.75. The van der Waals surface area contributed by atoms with Crippen LogP contribution in [0, 0.1) is 0 Å². The molecule has 1 unspecified atom stereocenters. The third-order valence-corrected chi connectivity index (χ3v) is 7.59. The normalized spacial score (nSPS) is 18.7. The van der Waals surface area contributed by atoms with Crippen molar-refractivity contribution >= 4 is 35.3 Å². The van der Waals surface area contributed by atoms with Crippen LogP contribution in [0.2, 0.25) is 5.02 Å². The summed E-state index contributed by atoms with van der Waals surface area (Å²) in [5.74, 6) is 1.28. The van der Waals surface area contributed by atoms with E-state index in [0.29, 0.717) is 28.3 Å². The topological polar surface area (TPSA) is 72.3 Å². The third-order valence-electron chi connectivity index (χ3n) is 7.33. The lowest BCUT2D eigenvalue weighted by atomic mass is 9.77. The zero-order valence-electron chi connectivity index (χ0n) is 20.0. The van der Waals surface area contributed by atoms with Crippen molar-refractivity contribution in [3.63, 3.8) is 0 Å². The van der Waals surface area contributed by atoms with Crippen LogP contribution in [0.4, 0.5) is 11.6 Å². The second-order valence-electron chi connectivity index (χ2n) is 9.69. The van der Waals surface area contributed by atoms with Gasteiger partial charge in [0.05, 0.1) is 18.9 Å². The van der Waals surface area contributed by atoms with Crippen LogP contribution in [0.1, 0.15) is 63.5 Å². The van der Waals surface area contributed by atoms with Gasteiger partial charge in [-0.25, -0.2) is 9.78 Å². The molecule has 180 valence electrons. The molecule has 0 amide bonds. The minimum atomic E-state index is -0.374. The molecule has 3 aliphatic rings.